The Labute approximate surface area is 124 Å². The third kappa shape index (κ3) is 4.41. The Balaban J connectivity index is 1.90. The van der Waals surface area contributed by atoms with Crippen molar-refractivity contribution < 1.29 is 19.3 Å². The van der Waals surface area contributed by atoms with Crippen molar-refractivity contribution in [3.05, 3.63) is 33.9 Å². The van der Waals surface area contributed by atoms with Crippen molar-refractivity contribution in [2.45, 2.75) is 33.0 Å². The molecule has 1 fully saturated rings. The quantitative estimate of drug-likeness (QED) is 0.649. The van der Waals surface area contributed by atoms with E-state index >= 15 is 0 Å². The summed E-state index contributed by atoms with van der Waals surface area (Å²) in [6.07, 6.45) is 0.495. The van der Waals surface area contributed by atoms with Gasteiger partial charge in [-0.05, 0) is 32.4 Å². The molecule has 2 rings (SSSR count). The number of aryl methyl sites for hydroxylation is 1. The van der Waals surface area contributed by atoms with Gasteiger partial charge in [0.15, 0.2) is 5.75 Å². The van der Waals surface area contributed by atoms with Crippen LogP contribution in [0.15, 0.2) is 18.2 Å². The van der Waals surface area contributed by atoms with Crippen molar-refractivity contribution in [1.29, 1.82) is 0 Å². The van der Waals surface area contributed by atoms with E-state index in [-0.39, 0.29) is 17.9 Å². The standard InChI is InChI=1S/C15H22N2O4/c1-11-4-5-15(14(8-11)17(18)19)20-7-6-16-9-12(2)21-13(3)10-16/h4-5,8,12-13H,6-7,9-10H2,1-3H3/p+1/t12-,13-/m1/s1. The Morgan fingerprint density at radius 1 is 1.38 bits per heavy atom. The van der Waals surface area contributed by atoms with Crippen molar-refractivity contribution in [2.75, 3.05) is 26.2 Å². The van der Waals surface area contributed by atoms with Crippen LogP contribution in [0.1, 0.15) is 19.4 Å². The summed E-state index contributed by atoms with van der Waals surface area (Å²) in [5, 5.41) is 11.0. The number of hydrogen-bond donors (Lipinski definition) is 1. The molecule has 0 amide bonds. The minimum absolute atomic E-state index is 0.0358. The lowest BCUT2D eigenvalue weighted by atomic mass is 10.2. The highest BCUT2D eigenvalue weighted by atomic mass is 16.6. The molecule has 0 bridgehead atoms. The summed E-state index contributed by atoms with van der Waals surface area (Å²) in [6.45, 7) is 9.16. The number of nitrogens with zero attached hydrogens (tertiary/aromatic N) is 1. The fourth-order valence-corrected chi connectivity index (χ4v) is 2.79. The molecule has 1 saturated heterocycles. The first-order valence-corrected chi connectivity index (χ1v) is 7.32. The van der Waals surface area contributed by atoms with E-state index in [1.54, 1.807) is 12.1 Å². The van der Waals surface area contributed by atoms with E-state index in [0.29, 0.717) is 12.4 Å². The van der Waals surface area contributed by atoms with E-state index < -0.39 is 4.92 Å². The second-order valence-corrected chi connectivity index (χ2v) is 5.74. The Bertz CT molecular complexity index is 496. The number of hydrogen-bond acceptors (Lipinski definition) is 4. The molecular formula is C15H23N2O4+. The second-order valence-electron chi connectivity index (χ2n) is 5.74. The summed E-state index contributed by atoms with van der Waals surface area (Å²) in [7, 11) is 0. The Morgan fingerprint density at radius 3 is 2.67 bits per heavy atom. The van der Waals surface area contributed by atoms with Crippen LogP contribution >= 0.6 is 0 Å². The number of nitrogens with one attached hydrogen (secondary N) is 1. The van der Waals surface area contributed by atoms with Crippen molar-refractivity contribution in [3.8, 4) is 5.75 Å². The van der Waals surface area contributed by atoms with Crippen LogP contribution in [0.25, 0.3) is 0 Å². The molecule has 0 saturated carbocycles. The van der Waals surface area contributed by atoms with Crippen molar-refractivity contribution >= 4 is 5.69 Å². The Kier molecular flexibility index (Phi) is 5.14. The molecule has 0 unspecified atom stereocenters. The normalized spacial score (nSPS) is 25.6. The summed E-state index contributed by atoms with van der Waals surface area (Å²) >= 11 is 0. The summed E-state index contributed by atoms with van der Waals surface area (Å²) in [4.78, 5) is 12.0. The van der Waals surface area contributed by atoms with E-state index in [1.165, 1.54) is 4.90 Å². The van der Waals surface area contributed by atoms with E-state index in [2.05, 4.69) is 13.8 Å². The van der Waals surface area contributed by atoms with Gasteiger partial charge in [0, 0.05) is 6.07 Å². The van der Waals surface area contributed by atoms with Gasteiger partial charge in [-0.15, -0.1) is 0 Å². The van der Waals surface area contributed by atoms with Gasteiger partial charge in [0.25, 0.3) is 0 Å². The molecule has 1 aliphatic heterocycles. The van der Waals surface area contributed by atoms with Gasteiger partial charge in [-0.1, -0.05) is 6.07 Å². The topological polar surface area (TPSA) is 66.0 Å². The van der Waals surface area contributed by atoms with E-state index in [1.807, 2.05) is 13.0 Å². The number of benzene rings is 1. The van der Waals surface area contributed by atoms with Crippen LogP contribution in [-0.2, 0) is 4.74 Å². The van der Waals surface area contributed by atoms with Crippen molar-refractivity contribution in [2.24, 2.45) is 0 Å². The van der Waals surface area contributed by atoms with Gasteiger partial charge in [0.1, 0.15) is 38.4 Å². The fourth-order valence-electron chi connectivity index (χ4n) is 2.79. The zero-order chi connectivity index (χ0) is 15.4. The predicted molar refractivity (Wildman–Crippen MR) is 78.9 cm³/mol. The number of nitro benzene ring substituents is 1. The van der Waals surface area contributed by atoms with Gasteiger partial charge in [-0.2, -0.15) is 0 Å². The zero-order valence-corrected chi connectivity index (χ0v) is 12.8. The maximum atomic E-state index is 11.0. The zero-order valence-electron chi connectivity index (χ0n) is 12.8. The largest absolute Gasteiger partial charge is 0.481 e. The van der Waals surface area contributed by atoms with Crippen LogP contribution < -0.4 is 9.64 Å². The van der Waals surface area contributed by atoms with Crippen molar-refractivity contribution in [3.63, 3.8) is 0 Å². The average molecular weight is 295 g/mol. The SMILES string of the molecule is Cc1ccc(OCC[NH+]2C[C@@H](C)O[C@H](C)C2)c([N+](=O)[O-])c1. The first kappa shape index (κ1) is 15.7. The molecule has 116 valence electrons. The van der Waals surface area contributed by atoms with Crippen LogP contribution in [0.3, 0.4) is 0 Å². The van der Waals surface area contributed by atoms with Crippen LogP contribution in [-0.4, -0.2) is 43.4 Å². The smallest absolute Gasteiger partial charge is 0.311 e. The summed E-state index contributed by atoms with van der Waals surface area (Å²) in [5.74, 6) is 0.347. The lowest BCUT2D eigenvalue weighted by Gasteiger charge is -2.32. The minimum atomic E-state index is -0.395. The average Bonchev–Trinajstić information content (AvgIpc) is 2.39. The summed E-state index contributed by atoms with van der Waals surface area (Å²) in [6, 6.07) is 5.04. The summed E-state index contributed by atoms with van der Waals surface area (Å²) in [5.41, 5.74) is 0.893. The van der Waals surface area contributed by atoms with Gasteiger partial charge >= 0.3 is 5.69 Å². The summed E-state index contributed by atoms with van der Waals surface area (Å²) < 4.78 is 11.3. The fraction of sp³-hybridized carbons (Fsp3) is 0.600. The monoisotopic (exact) mass is 295 g/mol. The third-order valence-corrected chi connectivity index (χ3v) is 3.64. The molecule has 0 aromatic heterocycles. The Morgan fingerprint density at radius 2 is 2.05 bits per heavy atom. The molecule has 0 radical (unpaired) electrons. The van der Waals surface area contributed by atoms with Crippen LogP contribution in [0, 0.1) is 17.0 Å². The van der Waals surface area contributed by atoms with Gasteiger partial charge in [0.2, 0.25) is 0 Å². The predicted octanol–water partition coefficient (Wildman–Crippen LogP) is 0.974. The van der Waals surface area contributed by atoms with E-state index in [9.17, 15) is 10.1 Å². The number of morpholine rings is 1. The first-order chi connectivity index (χ1) is 9.95. The van der Waals surface area contributed by atoms with Crippen LogP contribution in [0.4, 0.5) is 5.69 Å². The minimum Gasteiger partial charge on any atom is -0.481 e. The molecular weight excluding hydrogens is 272 g/mol. The first-order valence-electron chi connectivity index (χ1n) is 7.32. The number of rotatable bonds is 5. The number of quaternary nitrogens is 1. The lowest BCUT2D eigenvalue weighted by Crippen LogP contribution is -3.16. The molecule has 1 aromatic rings. The van der Waals surface area contributed by atoms with Crippen LogP contribution in [0.2, 0.25) is 0 Å². The highest BCUT2D eigenvalue weighted by molar-refractivity contribution is 5.48. The van der Waals surface area contributed by atoms with Gasteiger partial charge in [0.05, 0.1) is 4.92 Å². The van der Waals surface area contributed by atoms with Crippen molar-refractivity contribution in [1.82, 2.24) is 0 Å². The second kappa shape index (κ2) is 6.87. The van der Waals surface area contributed by atoms with Gasteiger partial charge < -0.3 is 14.4 Å². The highest BCUT2D eigenvalue weighted by Crippen LogP contribution is 2.27. The van der Waals surface area contributed by atoms with E-state index in [0.717, 1.165) is 25.2 Å². The third-order valence-electron chi connectivity index (χ3n) is 3.64. The molecule has 6 heteroatoms. The van der Waals surface area contributed by atoms with Gasteiger partial charge in [-0.25, -0.2) is 0 Å². The molecule has 6 nitrogen and oxygen atoms in total. The van der Waals surface area contributed by atoms with E-state index in [4.69, 9.17) is 9.47 Å². The molecule has 0 spiro atoms. The molecule has 2 atom stereocenters. The molecule has 1 N–H and O–H groups in total. The maximum absolute atomic E-state index is 11.0. The van der Waals surface area contributed by atoms with Crippen LogP contribution in [0.5, 0.6) is 5.75 Å². The maximum Gasteiger partial charge on any atom is 0.311 e. The number of nitro groups is 1. The number of ether oxygens (including phenoxy) is 2. The molecule has 1 aliphatic rings. The highest BCUT2D eigenvalue weighted by Gasteiger charge is 2.25. The van der Waals surface area contributed by atoms with Gasteiger partial charge in [-0.3, -0.25) is 10.1 Å². The molecule has 1 heterocycles. The molecule has 0 aliphatic carbocycles. The lowest BCUT2D eigenvalue weighted by molar-refractivity contribution is -0.915. The molecule has 21 heavy (non-hydrogen) atoms. The Hall–Kier alpha value is -1.66. The molecule has 1 aromatic carbocycles.